The van der Waals surface area contributed by atoms with Gasteiger partial charge in [0.25, 0.3) is 0 Å². The molecule has 35 heavy (non-hydrogen) atoms. The minimum atomic E-state index is -4.75. The molecule has 0 amide bonds. The molecule has 5 rings (SSSR count). The molecule has 0 atom stereocenters. The molecule has 0 spiro atoms. The van der Waals surface area contributed by atoms with E-state index in [9.17, 15) is 26.3 Å². The van der Waals surface area contributed by atoms with Crippen molar-refractivity contribution in [3.05, 3.63) is 48.7 Å². The molecule has 0 N–H and O–H groups in total. The number of pyridine rings is 2. The molecule has 1 fully saturated rings. The first kappa shape index (κ1) is 23.3. The van der Waals surface area contributed by atoms with Gasteiger partial charge in [-0.25, -0.2) is 0 Å². The van der Waals surface area contributed by atoms with Crippen LogP contribution < -0.4 is 0 Å². The largest absolute Gasteiger partial charge is 0.471 e. The highest BCUT2D eigenvalue weighted by Gasteiger charge is 2.38. The van der Waals surface area contributed by atoms with Crippen LogP contribution in [0.25, 0.3) is 33.7 Å². The van der Waals surface area contributed by atoms with Crippen molar-refractivity contribution in [3.63, 3.8) is 0 Å². The molecule has 0 aromatic carbocycles. The molecule has 13 heteroatoms. The van der Waals surface area contributed by atoms with Gasteiger partial charge in [-0.05, 0) is 37.1 Å². The molecule has 0 saturated carbocycles. The number of halogens is 6. The van der Waals surface area contributed by atoms with E-state index < -0.39 is 24.8 Å². The molecule has 0 aliphatic carbocycles. The van der Waals surface area contributed by atoms with Crippen LogP contribution in [0.2, 0.25) is 0 Å². The summed E-state index contributed by atoms with van der Waals surface area (Å²) in [5, 5.41) is 4.26. The summed E-state index contributed by atoms with van der Waals surface area (Å²) >= 11 is 0. The number of alkyl halides is 6. The van der Waals surface area contributed by atoms with Crippen LogP contribution in [-0.2, 0) is 6.18 Å². The van der Waals surface area contributed by atoms with E-state index >= 15 is 0 Å². The average Bonchev–Trinajstić information content (AvgIpc) is 3.46. The topological polar surface area (TPSA) is 72.9 Å². The Balaban J connectivity index is 1.40. The minimum absolute atomic E-state index is 0.0339. The monoisotopic (exact) mass is 496 g/mol. The van der Waals surface area contributed by atoms with Gasteiger partial charge in [0.05, 0.1) is 23.4 Å². The van der Waals surface area contributed by atoms with E-state index in [1.165, 1.54) is 23.2 Å². The number of piperidine rings is 1. The third kappa shape index (κ3) is 4.99. The van der Waals surface area contributed by atoms with Crippen LogP contribution in [0.1, 0.15) is 24.8 Å². The van der Waals surface area contributed by atoms with Crippen molar-refractivity contribution < 1.29 is 30.9 Å². The van der Waals surface area contributed by atoms with Crippen molar-refractivity contribution >= 4 is 10.9 Å². The zero-order chi connectivity index (χ0) is 24.8. The first-order chi connectivity index (χ1) is 16.6. The van der Waals surface area contributed by atoms with Gasteiger partial charge in [0, 0.05) is 48.7 Å². The molecule has 1 saturated heterocycles. The fraction of sp³-hybridized carbons (Fsp3) is 0.364. The highest BCUT2D eigenvalue weighted by atomic mass is 19.4. The highest BCUT2D eigenvalue weighted by Crippen LogP contribution is 2.32. The second-order valence-electron chi connectivity index (χ2n) is 8.32. The van der Waals surface area contributed by atoms with Crippen molar-refractivity contribution in [2.24, 2.45) is 0 Å². The zero-order valence-corrected chi connectivity index (χ0v) is 18.0. The van der Waals surface area contributed by atoms with Gasteiger partial charge >= 0.3 is 18.2 Å². The van der Waals surface area contributed by atoms with Crippen molar-refractivity contribution in [2.45, 2.75) is 31.2 Å². The molecule has 1 aliphatic rings. The van der Waals surface area contributed by atoms with E-state index in [-0.39, 0.29) is 17.4 Å². The Morgan fingerprint density at radius 3 is 2.40 bits per heavy atom. The van der Waals surface area contributed by atoms with Crippen LogP contribution in [0.15, 0.2) is 47.4 Å². The maximum atomic E-state index is 12.8. The minimum Gasteiger partial charge on any atom is -0.344 e. The van der Waals surface area contributed by atoms with Crippen molar-refractivity contribution in [2.75, 3.05) is 19.6 Å². The maximum Gasteiger partial charge on any atom is 0.471 e. The zero-order valence-electron chi connectivity index (χ0n) is 18.0. The van der Waals surface area contributed by atoms with Crippen molar-refractivity contribution in [1.82, 2.24) is 29.6 Å². The normalized spacial score (nSPS) is 16.3. The van der Waals surface area contributed by atoms with Gasteiger partial charge in [-0.2, -0.15) is 31.3 Å². The lowest BCUT2D eigenvalue weighted by atomic mass is 10.0. The highest BCUT2D eigenvalue weighted by molar-refractivity contribution is 5.83. The summed E-state index contributed by atoms with van der Waals surface area (Å²) in [6.07, 6.45) is -2.86. The Morgan fingerprint density at radius 2 is 1.71 bits per heavy atom. The van der Waals surface area contributed by atoms with E-state index in [4.69, 9.17) is 0 Å². The number of likely N-dealkylation sites (tertiary alicyclic amines) is 1. The van der Waals surface area contributed by atoms with Gasteiger partial charge in [0.15, 0.2) is 0 Å². The number of nitrogens with zero attached hydrogens (tertiary/aromatic N) is 6. The van der Waals surface area contributed by atoms with Gasteiger partial charge in [0.2, 0.25) is 5.82 Å². The number of fused-ring (bicyclic) bond motifs is 1. The smallest absolute Gasteiger partial charge is 0.344 e. The molecule has 4 aromatic heterocycles. The van der Waals surface area contributed by atoms with E-state index in [1.807, 2.05) is 16.8 Å². The summed E-state index contributed by atoms with van der Waals surface area (Å²) in [7, 11) is 0. The second kappa shape index (κ2) is 8.63. The summed E-state index contributed by atoms with van der Waals surface area (Å²) in [5.74, 6) is -1.67. The van der Waals surface area contributed by atoms with E-state index in [0.717, 1.165) is 10.9 Å². The molecule has 4 aromatic rings. The predicted molar refractivity (Wildman–Crippen MR) is 112 cm³/mol. The number of rotatable bonds is 4. The SMILES string of the molecule is FC(F)(F)CN1CCC(n2ccc3cnc(-c4cc(-c5noc(C(F)(F)F)n5)ccn4)cc32)CC1. The molecule has 0 bridgehead atoms. The number of hydrogen-bond donors (Lipinski definition) is 0. The molecule has 1 aliphatic heterocycles. The first-order valence-corrected chi connectivity index (χ1v) is 10.7. The van der Waals surface area contributed by atoms with Gasteiger partial charge in [0.1, 0.15) is 0 Å². The average molecular weight is 496 g/mol. The van der Waals surface area contributed by atoms with E-state index in [0.29, 0.717) is 37.3 Å². The summed E-state index contributed by atoms with van der Waals surface area (Å²) in [6.45, 7) is -0.223. The molecular weight excluding hydrogens is 478 g/mol. The van der Waals surface area contributed by atoms with E-state index in [1.54, 1.807) is 12.3 Å². The lowest BCUT2D eigenvalue weighted by Crippen LogP contribution is -2.40. The lowest BCUT2D eigenvalue weighted by molar-refractivity contribution is -0.159. The van der Waals surface area contributed by atoms with Gasteiger partial charge < -0.3 is 9.09 Å². The third-order valence-corrected chi connectivity index (χ3v) is 5.91. The quantitative estimate of drug-likeness (QED) is 0.354. The predicted octanol–water partition coefficient (Wildman–Crippen LogP) is 5.37. The molecule has 7 nitrogen and oxygen atoms in total. The van der Waals surface area contributed by atoms with Crippen molar-refractivity contribution in [3.8, 4) is 22.8 Å². The van der Waals surface area contributed by atoms with Crippen LogP contribution in [0.5, 0.6) is 0 Å². The number of hydrogen-bond acceptors (Lipinski definition) is 6. The Kier molecular flexibility index (Phi) is 5.74. The molecule has 0 unspecified atom stereocenters. The lowest BCUT2D eigenvalue weighted by Gasteiger charge is -2.33. The summed E-state index contributed by atoms with van der Waals surface area (Å²) in [5.41, 5.74) is 2.00. The fourth-order valence-electron chi connectivity index (χ4n) is 4.28. The molecular formula is C22H18F6N6O. The third-order valence-electron chi connectivity index (χ3n) is 5.91. The van der Waals surface area contributed by atoms with Gasteiger partial charge in [-0.1, -0.05) is 5.16 Å². The molecule has 0 radical (unpaired) electrons. The number of aromatic nitrogens is 5. The Labute approximate surface area is 194 Å². The second-order valence-corrected chi connectivity index (χ2v) is 8.32. The van der Waals surface area contributed by atoms with E-state index in [2.05, 4.69) is 24.6 Å². The summed E-state index contributed by atoms with van der Waals surface area (Å²) < 4.78 is 82.8. The fourth-order valence-corrected chi connectivity index (χ4v) is 4.28. The summed E-state index contributed by atoms with van der Waals surface area (Å²) in [4.78, 5) is 13.5. The summed E-state index contributed by atoms with van der Waals surface area (Å²) in [6, 6.07) is 6.70. The van der Waals surface area contributed by atoms with Gasteiger partial charge in [-0.3, -0.25) is 14.9 Å². The van der Waals surface area contributed by atoms with Gasteiger partial charge in [-0.15, -0.1) is 0 Å². The Bertz CT molecular complexity index is 1340. The van der Waals surface area contributed by atoms with Crippen molar-refractivity contribution in [1.29, 1.82) is 0 Å². The van der Waals surface area contributed by atoms with Crippen LogP contribution in [0.4, 0.5) is 26.3 Å². The Hall–Kier alpha value is -3.48. The van der Waals surface area contributed by atoms with Crippen LogP contribution >= 0.6 is 0 Å². The van der Waals surface area contributed by atoms with Crippen LogP contribution in [-0.4, -0.2) is 55.4 Å². The van der Waals surface area contributed by atoms with Crippen LogP contribution in [0.3, 0.4) is 0 Å². The van der Waals surface area contributed by atoms with Crippen LogP contribution in [0, 0.1) is 0 Å². The molecule has 184 valence electrons. The first-order valence-electron chi connectivity index (χ1n) is 10.7. The standard InChI is InChI=1S/C22H18F6N6O/c23-21(24,25)12-33-6-3-15(4-7-33)34-8-2-14-11-30-17(10-18(14)34)16-9-13(1-5-29-16)19-31-20(35-32-19)22(26,27)28/h1-2,5,8-11,15H,3-4,6-7,12H2. The maximum absolute atomic E-state index is 12.8. The Morgan fingerprint density at radius 1 is 0.971 bits per heavy atom. The molecule has 5 heterocycles.